The Hall–Kier alpha value is -3.64. The number of rotatable bonds is 9. The summed E-state index contributed by atoms with van der Waals surface area (Å²) in [4.78, 5) is 16.9. The van der Waals surface area contributed by atoms with Crippen molar-refractivity contribution in [1.82, 2.24) is 10.3 Å². The fourth-order valence-electron chi connectivity index (χ4n) is 4.44. The number of nitrogens with one attached hydrogen (secondary N) is 1. The van der Waals surface area contributed by atoms with Crippen molar-refractivity contribution in [3.05, 3.63) is 95.4 Å². The number of para-hydroxylation sites is 1. The summed E-state index contributed by atoms with van der Waals surface area (Å²) in [5.74, 6) is -0.169. The van der Waals surface area contributed by atoms with Crippen molar-refractivity contribution in [2.24, 2.45) is 5.92 Å². The fourth-order valence-corrected chi connectivity index (χ4v) is 4.66. The minimum atomic E-state index is -0.950. The highest BCUT2D eigenvalue weighted by atomic mass is 35.5. The molecule has 7 heteroatoms. The Balaban J connectivity index is 1.49. The predicted octanol–water partition coefficient (Wildman–Crippen LogP) is 7.80. The van der Waals surface area contributed by atoms with Crippen LogP contribution in [-0.2, 0) is 11.3 Å². The number of alkyl carbamates (subject to hydrolysis) is 1. The molecule has 3 aromatic carbocycles. The van der Waals surface area contributed by atoms with Gasteiger partial charge >= 0.3 is 6.09 Å². The molecule has 4 rings (SSSR count). The van der Waals surface area contributed by atoms with Crippen molar-refractivity contribution in [3.8, 4) is 16.9 Å². The summed E-state index contributed by atoms with van der Waals surface area (Å²) in [6.45, 7) is 6.23. The van der Waals surface area contributed by atoms with Crippen LogP contribution in [0, 0.1) is 11.7 Å². The lowest BCUT2D eigenvalue weighted by Gasteiger charge is -2.31. The first-order valence-electron chi connectivity index (χ1n) is 12.2. The van der Waals surface area contributed by atoms with Gasteiger partial charge in [-0.15, -0.1) is 0 Å². The number of aromatic nitrogens is 1. The second kappa shape index (κ2) is 11.6. The monoisotopic (exact) mass is 520 g/mol. The van der Waals surface area contributed by atoms with Gasteiger partial charge < -0.3 is 14.8 Å². The summed E-state index contributed by atoms with van der Waals surface area (Å²) in [6, 6.07) is 22.2. The van der Waals surface area contributed by atoms with Crippen molar-refractivity contribution in [2.75, 3.05) is 6.61 Å². The average molecular weight is 521 g/mol. The van der Waals surface area contributed by atoms with E-state index in [0.29, 0.717) is 24.1 Å². The Morgan fingerprint density at radius 1 is 1.03 bits per heavy atom. The van der Waals surface area contributed by atoms with Gasteiger partial charge in [-0.25, -0.2) is 9.18 Å². The first kappa shape index (κ1) is 26.4. The zero-order valence-electron chi connectivity index (χ0n) is 21.1. The van der Waals surface area contributed by atoms with Gasteiger partial charge in [-0.05, 0) is 54.7 Å². The normalized spacial score (nSPS) is 12.8. The van der Waals surface area contributed by atoms with Crippen LogP contribution in [0.15, 0.2) is 79.0 Å². The summed E-state index contributed by atoms with van der Waals surface area (Å²) in [6.07, 6.45) is 1.65. The first-order valence-corrected chi connectivity index (χ1v) is 12.6. The molecule has 5 nitrogen and oxygen atoms in total. The molecule has 0 fully saturated rings. The van der Waals surface area contributed by atoms with Crippen molar-refractivity contribution >= 4 is 28.6 Å². The molecule has 1 atom stereocenters. The number of hydrogen-bond donors (Lipinski definition) is 1. The lowest BCUT2D eigenvalue weighted by Crippen LogP contribution is -2.42. The van der Waals surface area contributed by atoms with E-state index in [2.05, 4.69) is 10.3 Å². The summed E-state index contributed by atoms with van der Waals surface area (Å²) in [5.41, 5.74) is 1.83. The number of nitrogens with zero attached hydrogens (tertiary/aromatic N) is 1. The zero-order valence-corrected chi connectivity index (χ0v) is 21.9. The Bertz CT molecular complexity index is 1370. The fraction of sp³-hybridized carbons (Fsp3) is 0.267. The number of ether oxygens (including phenoxy) is 2. The Morgan fingerprint density at radius 2 is 1.76 bits per heavy atom. The topological polar surface area (TPSA) is 60.5 Å². The number of fused-ring (bicyclic) bond motifs is 1. The molecule has 37 heavy (non-hydrogen) atoms. The molecule has 1 aromatic heterocycles. The third-order valence-electron chi connectivity index (χ3n) is 5.98. The zero-order chi connectivity index (χ0) is 26.4. The molecule has 192 valence electrons. The molecule has 1 amide bonds. The van der Waals surface area contributed by atoms with E-state index >= 15 is 4.39 Å². The highest BCUT2D eigenvalue weighted by Gasteiger charge is 2.32. The quantitative estimate of drug-likeness (QED) is 0.244. The molecule has 4 aromatic rings. The van der Waals surface area contributed by atoms with Crippen molar-refractivity contribution in [3.63, 3.8) is 0 Å². The molecule has 1 heterocycles. The van der Waals surface area contributed by atoms with Gasteiger partial charge in [-0.3, -0.25) is 4.98 Å². The molecule has 0 saturated heterocycles. The summed E-state index contributed by atoms with van der Waals surface area (Å²) >= 11 is 6.42. The molecule has 1 unspecified atom stereocenters. The maximum atomic E-state index is 15.4. The second-order valence-electron chi connectivity index (χ2n) is 9.68. The maximum Gasteiger partial charge on any atom is 0.408 e. The number of pyridine rings is 1. The SMILES string of the molecule is CC(C)CC(C)(COc1ccc(-c2ccnc3ccccc23)c(F)c1Cl)OC(=O)NCc1ccccc1. The Kier molecular flexibility index (Phi) is 8.29. The van der Waals surface area contributed by atoms with E-state index < -0.39 is 17.5 Å². The van der Waals surface area contributed by atoms with Gasteiger partial charge in [0.05, 0.1) is 5.52 Å². The van der Waals surface area contributed by atoms with Gasteiger partial charge in [0.1, 0.15) is 23.0 Å². The van der Waals surface area contributed by atoms with Crippen LogP contribution < -0.4 is 10.1 Å². The lowest BCUT2D eigenvalue weighted by atomic mass is 9.95. The summed E-state index contributed by atoms with van der Waals surface area (Å²) in [5, 5.41) is 3.48. The van der Waals surface area contributed by atoms with Gasteiger partial charge in [-0.2, -0.15) is 0 Å². The van der Waals surface area contributed by atoms with Crippen LogP contribution in [0.4, 0.5) is 9.18 Å². The van der Waals surface area contributed by atoms with E-state index in [0.717, 1.165) is 16.5 Å². The van der Waals surface area contributed by atoms with Crippen LogP contribution in [0.25, 0.3) is 22.0 Å². The highest BCUT2D eigenvalue weighted by molar-refractivity contribution is 6.32. The third-order valence-corrected chi connectivity index (χ3v) is 6.33. The average Bonchev–Trinajstić information content (AvgIpc) is 2.88. The van der Waals surface area contributed by atoms with Gasteiger partial charge in [-0.1, -0.05) is 74.0 Å². The van der Waals surface area contributed by atoms with Gasteiger partial charge in [0.15, 0.2) is 5.82 Å². The number of halogens is 2. The van der Waals surface area contributed by atoms with Crippen LogP contribution >= 0.6 is 11.6 Å². The van der Waals surface area contributed by atoms with Crippen molar-refractivity contribution < 1.29 is 18.7 Å². The number of carbonyl (C=O) groups is 1. The van der Waals surface area contributed by atoms with E-state index in [-0.39, 0.29) is 23.3 Å². The number of hydrogen-bond acceptors (Lipinski definition) is 4. The van der Waals surface area contributed by atoms with Crippen LogP contribution in [0.5, 0.6) is 5.75 Å². The van der Waals surface area contributed by atoms with Crippen LogP contribution in [0.3, 0.4) is 0 Å². The Morgan fingerprint density at radius 3 is 2.51 bits per heavy atom. The van der Waals surface area contributed by atoms with Crippen LogP contribution in [0.2, 0.25) is 5.02 Å². The molecule has 1 N–H and O–H groups in total. The molecule has 0 spiro atoms. The molecular weight excluding hydrogens is 491 g/mol. The molecular formula is C30H30ClFN2O3. The van der Waals surface area contributed by atoms with Crippen molar-refractivity contribution in [1.29, 1.82) is 0 Å². The Labute approximate surface area is 221 Å². The minimum Gasteiger partial charge on any atom is -0.488 e. The maximum absolute atomic E-state index is 15.4. The predicted molar refractivity (Wildman–Crippen MR) is 145 cm³/mol. The molecule has 0 aliphatic carbocycles. The van der Waals surface area contributed by atoms with Crippen molar-refractivity contribution in [2.45, 2.75) is 39.3 Å². The summed E-state index contributed by atoms with van der Waals surface area (Å²) < 4.78 is 27.2. The van der Waals surface area contributed by atoms with E-state index in [1.807, 2.05) is 68.4 Å². The molecule has 0 saturated carbocycles. The van der Waals surface area contributed by atoms with Gasteiger partial charge in [0.25, 0.3) is 0 Å². The lowest BCUT2D eigenvalue weighted by molar-refractivity contribution is -0.0229. The smallest absolute Gasteiger partial charge is 0.408 e. The van der Waals surface area contributed by atoms with E-state index in [4.69, 9.17) is 21.1 Å². The largest absolute Gasteiger partial charge is 0.488 e. The number of benzene rings is 3. The molecule has 0 aliphatic heterocycles. The second-order valence-corrected chi connectivity index (χ2v) is 10.1. The van der Waals surface area contributed by atoms with E-state index in [1.165, 1.54) is 0 Å². The van der Waals surface area contributed by atoms with Gasteiger partial charge in [0.2, 0.25) is 0 Å². The molecule has 0 radical (unpaired) electrons. The summed E-state index contributed by atoms with van der Waals surface area (Å²) in [7, 11) is 0. The van der Waals surface area contributed by atoms with E-state index in [9.17, 15) is 4.79 Å². The number of amides is 1. The first-order chi connectivity index (χ1) is 17.8. The van der Waals surface area contributed by atoms with Crippen LogP contribution in [-0.4, -0.2) is 23.3 Å². The molecule has 0 aliphatic rings. The van der Waals surface area contributed by atoms with Gasteiger partial charge in [0, 0.05) is 23.7 Å². The molecule has 0 bridgehead atoms. The van der Waals surface area contributed by atoms with Crippen LogP contribution in [0.1, 0.15) is 32.8 Å². The standard InChI is InChI=1S/C30H30ClFN2O3/c1-20(2)17-30(3,37-29(35)34-18-21-9-5-4-6-10-21)19-36-26-14-13-24(28(32)27(26)31)22-15-16-33-25-12-8-7-11-23(22)25/h4-16,20H,17-19H2,1-3H3,(H,34,35). The number of carbonyl (C=O) groups excluding carboxylic acids is 1. The highest BCUT2D eigenvalue weighted by Crippen LogP contribution is 2.37. The van der Waals surface area contributed by atoms with E-state index in [1.54, 1.807) is 31.3 Å². The minimum absolute atomic E-state index is 0.0145. The third kappa shape index (κ3) is 6.57.